The molecule has 0 radical (unpaired) electrons. The van der Waals surface area contributed by atoms with Crippen LogP contribution in [0.5, 0.6) is 11.5 Å². The van der Waals surface area contributed by atoms with E-state index in [2.05, 4.69) is 56.6 Å². The second-order valence-corrected chi connectivity index (χ2v) is 7.00. The zero-order valence-corrected chi connectivity index (χ0v) is 16.7. The highest BCUT2D eigenvalue weighted by atomic mass is 35.5. The number of halogens is 1. The van der Waals surface area contributed by atoms with Crippen LogP contribution in [0.3, 0.4) is 0 Å². The number of methoxy groups -OCH3 is 2. The van der Waals surface area contributed by atoms with E-state index in [0.717, 1.165) is 17.2 Å². The third-order valence-electron chi connectivity index (χ3n) is 5.23. The fourth-order valence-electron chi connectivity index (χ4n) is 3.80. The van der Waals surface area contributed by atoms with Gasteiger partial charge in [0.1, 0.15) is 23.2 Å². The van der Waals surface area contributed by atoms with Crippen LogP contribution >= 0.6 is 0 Å². The Morgan fingerprint density at radius 3 is 2.46 bits per heavy atom. The topological polar surface area (TPSA) is 34.9 Å². The van der Waals surface area contributed by atoms with Gasteiger partial charge < -0.3 is 27.2 Å². The van der Waals surface area contributed by atoms with Gasteiger partial charge in [-0.2, -0.15) is 0 Å². The predicted molar refractivity (Wildman–Crippen MR) is 102 cm³/mol. The number of likely N-dealkylation sites (N-methyl/N-ethyl adjacent to an activating group) is 1. The molecule has 0 spiro atoms. The van der Waals surface area contributed by atoms with Gasteiger partial charge in [-0.25, -0.2) is 0 Å². The maximum atomic E-state index is 5.44. The Morgan fingerprint density at radius 2 is 1.81 bits per heavy atom. The van der Waals surface area contributed by atoms with Gasteiger partial charge in [0.15, 0.2) is 0 Å². The first-order valence-electron chi connectivity index (χ1n) is 8.57. The summed E-state index contributed by atoms with van der Waals surface area (Å²) in [6.07, 6.45) is 4.27. The molecule has 2 N–H and O–H groups in total. The number of quaternary nitrogens is 1. The van der Waals surface area contributed by atoms with Gasteiger partial charge in [0.05, 0.1) is 32.4 Å². The molecule has 0 amide bonds. The Kier molecular flexibility index (Phi) is 6.21. The molecule has 0 fully saturated rings. The molecule has 140 valence electrons. The normalized spacial score (nSPS) is 20.3. The molecule has 1 heterocycles. The van der Waals surface area contributed by atoms with E-state index in [9.17, 15) is 0 Å². The average Bonchev–Trinajstić information content (AvgIpc) is 2.82. The number of nitrogens with one attached hydrogen (secondary N) is 2. The van der Waals surface area contributed by atoms with Crippen molar-refractivity contribution in [1.82, 2.24) is 0 Å². The van der Waals surface area contributed by atoms with E-state index in [1.165, 1.54) is 16.2 Å². The Labute approximate surface area is 162 Å². The predicted octanol–water partition coefficient (Wildman–Crippen LogP) is 0.140. The van der Waals surface area contributed by atoms with Gasteiger partial charge in [-0.1, -0.05) is 18.2 Å². The first-order chi connectivity index (χ1) is 12.0. The third kappa shape index (κ3) is 3.53. The summed E-state index contributed by atoms with van der Waals surface area (Å²) in [5, 5.41) is 3.35. The molecule has 2 unspecified atom stereocenters. The highest BCUT2D eigenvalue weighted by Gasteiger charge is 2.45. The quantitative estimate of drug-likeness (QED) is 0.781. The lowest BCUT2D eigenvalue weighted by Gasteiger charge is -2.25. The minimum atomic E-state index is 0. The van der Waals surface area contributed by atoms with Crippen LogP contribution in [-0.4, -0.2) is 27.3 Å². The molecule has 4 nitrogen and oxygen atoms in total. The van der Waals surface area contributed by atoms with Crippen molar-refractivity contribution < 1.29 is 26.8 Å². The van der Waals surface area contributed by atoms with Crippen LogP contribution < -0.4 is 32.1 Å². The van der Waals surface area contributed by atoms with Gasteiger partial charge in [-0.3, -0.25) is 4.90 Å². The lowest BCUT2D eigenvalue weighted by molar-refractivity contribution is -0.828. The van der Waals surface area contributed by atoms with Crippen LogP contribution in [0.1, 0.15) is 19.4 Å². The van der Waals surface area contributed by atoms with E-state index in [4.69, 9.17) is 9.47 Å². The largest absolute Gasteiger partial charge is 1.00 e. The Morgan fingerprint density at radius 1 is 1.08 bits per heavy atom. The smallest absolute Gasteiger partial charge is 0.145 e. The third-order valence-corrected chi connectivity index (χ3v) is 5.23. The number of fused-ring (bicyclic) bond motifs is 1. The monoisotopic (exact) mass is 374 g/mol. The maximum absolute atomic E-state index is 5.44. The minimum Gasteiger partial charge on any atom is -1.00 e. The number of hydrogen-bond acceptors (Lipinski definition) is 3. The van der Waals surface area contributed by atoms with Gasteiger partial charge in [-0.05, 0) is 38.1 Å². The van der Waals surface area contributed by atoms with E-state index < -0.39 is 0 Å². The zero-order chi connectivity index (χ0) is 18.0. The molecule has 0 saturated carbocycles. The number of rotatable bonds is 5. The lowest BCUT2D eigenvalue weighted by atomic mass is 9.80. The van der Waals surface area contributed by atoms with E-state index in [1.54, 1.807) is 14.2 Å². The Balaban J connectivity index is 0.00000243. The van der Waals surface area contributed by atoms with Crippen LogP contribution in [0.25, 0.3) is 0 Å². The van der Waals surface area contributed by atoms with Crippen LogP contribution in [0, 0.1) is 0 Å². The Bertz CT molecular complexity index is 789. The van der Waals surface area contributed by atoms with Crippen molar-refractivity contribution >= 4 is 11.4 Å². The number of para-hydroxylation sites is 1. The molecule has 2 atom stereocenters. The molecule has 0 aliphatic carbocycles. The number of hydrogen-bond donors (Lipinski definition) is 2. The zero-order valence-electron chi connectivity index (χ0n) is 16.0. The lowest BCUT2D eigenvalue weighted by Crippen LogP contribution is -3.07. The Hall–Kier alpha value is -2.17. The van der Waals surface area contributed by atoms with Crippen LogP contribution in [-0.2, 0) is 5.41 Å². The van der Waals surface area contributed by atoms with Crippen molar-refractivity contribution in [3.8, 4) is 11.5 Å². The average molecular weight is 375 g/mol. The molecular weight excluding hydrogens is 348 g/mol. The molecule has 5 heteroatoms. The highest BCUT2D eigenvalue weighted by Crippen LogP contribution is 2.36. The van der Waals surface area contributed by atoms with Crippen LogP contribution in [0.4, 0.5) is 11.4 Å². The van der Waals surface area contributed by atoms with Gasteiger partial charge in [0.2, 0.25) is 0 Å². The van der Waals surface area contributed by atoms with Crippen molar-refractivity contribution in [3.05, 3.63) is 60.3 Å². The minimum absolute atomic E-state index is 0. The number of benzene rings is 2. The summed E-state index contributed by atoms with van der Waals surface area (Å²) in [6.45, 7) is 4.62. The SMILES string of the molecule is COc1ccc(NC=CC2[NH+](C)c3ccccc3C2(C)C)c(OC)c1.[Cl-]. The highest BCUT2D eigenvalue weighted by molar-refractivity contribution is 5.60. The summed E-state index contributed by atoms with van der Waals surface area (Å²) in [5.41, 5.74) is 3.81. The first kappa shape index (κ1) is 20.1. The van der Waals surface area contributed by atoms with Gasteiger partial charge in [0, 0.05) is 17.8 Å². The van der Waals surface area contributed by atoms with Crippen molar-refractivity contribution in [2.24, 2.45) is 0 Å². The maximum Gasteiger partial charge on any atom is 0.145 e. The molecule has 1 aliphatic rings. The molecule has 3 rings (SSSR count). The van der Waals surface area contributed by atoms with Crippen LogP contribution in [0.15, 0.2) is 54.7 Å². The fraction of sp³-hybridized carbons (Fsp3) is 0.333. The van der Waals surface area contributed by atoms with E-state index >= 15 is 0 Å². The second-order valence-electron chi connectivity index (χ2n) is 7.00. The van der Waals surface area contributed by atoms with Gasteiger partial charge in [0.25, 0.3) is 0 Å². The van der Waals surface area contributed by atoms with Gasteiger partial charge >= 0.3 is 0 Å². The van der Waals surface area contributed by atoms with Gasteiger partial charge in [-0.15, -0.1) is 0 Å². The first-order valence-corrected chi connectivity index (χ1v) is 8.57. The van der Waals surface area contributed by atoms with Crippen molar-refractivity contribution in [1.29, 1.82) is 0 Å². The molecule has 0 bridgehead atoms. The fourth-order valence-corrected chi connectivity index (χ4v) is 3.80. The molecular formula is C21H27ClN2O2. The van der Waals surface area contributed by atoms with Crippen molar-refractivity contribution in [2.75, 3.05) is 26.6 Å². The van der Waals surface area contributed by atoms with Crippen molar-refractivity contribution in [3.63, 3.8) is 0 Å². The summed E-state index contributed by atoms with van der Waals surface area (Å²) < 4.78 is 10.7. The second kappa shape index (κ2) is 8.02. The summed E-state index contributed by atoms with van der Waals surface area (Å²) in [5.74, 6) is 1.54. The van der Waals surface area contributed by atoms with Crippen molar-refractivity contribution in [2.45, 2.75) is 25.3 Å². The number of anilines is 1. The van der Waals surface area contributed by atoms with Crippen LogP contribution in [0.2, 0.25) is 0 Å². The molecule has 0 saturated heterocycles. The molecule has 2 aromatic rings. The molecule has 2 aromatic carbocycles. The molecule has 26 heavy (non-hydrogen) atoms. The summed E-state index contributed by atoms with van der Waals surface area (Å²) in [4.78, 5) is 1.42. The number of ether oxygens (including phenoxy) is 2. The summed E-state index contributed by atoms with van der Waals surface area (Å²) in [6, 6.07) is 14.8. The van der Waals surface area contributed by atoms with E-state index in [0.29, 0.717) is 6.04 Å². The van der Waals surface area contributed by atoms with E-state index in [1.807, 2.05) is 24.4 Å². The molecule has 0 aromatic heterocycles. The molecule has 1 aliphatic heterocycles. The summed E-state index contributed by atoms with van der Waals surface area (Å²) in [7, 11) is 5.55. The summed E-state index contributed by atoms with van der Waals surface area (Å²) >= 11 is 0. The van der Waals surface area contributed by atoms with E-state index in [-0.39, 0.29) is 17.8 Å². The standard InChI is InChI=1S/C21H26N2O2.ClH/c1-21(2)16-8-6-7-9-18(16)23(3)20(21)12-13-22-17-11-10-15(24-4)14-19(17)25-5;/h6-14,20,22H,1-5H3;1H.